The molecule has 48 heavy (non-hydrogen) atoms. The number of fused-ring (bicyclic) bond motifs is 3. The predicted molar refractivity (Wildman–Crippen MR) is 176 cm³/mol. The van der Waals surface area contributed by atoms with E-state index < -0.39 is 23.4 Å². The van der Waals surface area contributed by atoms with E-state index in [9.17, 15) is 24.0 Å². The average Bonchev–Trinajstić information content (AvgIpc) is 3.66. The van der Waals surface area contributed by atoms with Gasteiger partial charge in [-0.05, 0) is 74.1 Å². The third-order valence-electron chi connectivity index (χ3n) is 11.0. The molecule has 2 aromatic carbocycles. The van der Waals surface area contributed by atoms with Gasteiger partial charge in [0.25, 0.3) is 11.5 Å². The molecular weight excluding hydrogens is 614 g/mol. The summed E-state index contributed by atoms with van der Waals surface area (Å²) in [6, 6.07) is 13.1. The molecule has 6 heterocycles. The lowest BCUT2D eigenvalue weighted by atomic mass is 9.92. The lowest BCUT2D eigenvalue weighted by Crippen LogP contribution is -2.56. The molecule has 0 radical (unpaired) electrons. The van der Waals surface area contributed by atoms with Crippen molar-refractivity contribution < 1.29 is 19.2 Å². The van der Waals surface area contributed by atoms with E-state index in [2.05, 4.69) is 30.3 Å². The molecule has 4 amide bonds. The number of nitrogens with one attached hydrogen (secondary N) is 1. The molecule has 5 saturated heterocycles. The van der Waals surface area contributed by atoms with Crippen LogP contribution in [-0.4, -0.2) is 106 Å². The van der Waals surface area contributed by atoms with Crippen molar-refractivity contribution in [2.45, 2.75) is 50.2 Å². The molecule has 5 fully saturated rings. The molecular formula is C34H39N9O5. The summed E-state index contributed by atoms with van der Waals surface area (Å²) in [4.78, 5) is 71.2. The van der Waals surface area contributed by atoms with Gasteiger partial charge >= 0.3 is 0 Å². The van der Waals surface area contributed by atoms with Crippen molar-refractivity contribution in [2.75, 3.05) is 55.6 Å². The van der Waals surface area contributed by atoms with Crippen LogP contribution < -0.4 is 26.4 Å². The number of hydrogen-bond acceptors (Lipinski definition) is 10. The third-order valence-corrected chi connectivity index (χ3v) is 11.0. The standard InChI is InChI=1S/C34H39N9O5/c35-31(45)21-1-3-23(4-2-21)42-19-25-13-26(42)18-40(25)15-20-9-11-39(12-10-20)33(47)22-16-41(17-22)24-5-6-28-27(14-24)34(48)43(38-37-28)29-7-8-30(44)36-32(29)46/h1-6,14,20,22,25-26,29H,7-13,15-19H2,(H2,35,45)(H,36,44,46). The van der Waals surface area contributed by atoms with Gasteiger partial charge in [0.15, 0.2) is 0 Å². The number of benzene rings is 2. The average molecular weight is 654 g/mol. The molecule has 14 nitrogen and oxygen atoms in total. The second-order valence-electron chi connectivity index (χ2n) is 13.9. The maximum absolute atomic E-state index is 13.4. The van der Waals surface area contributed by atoms with Gasteiger partial charge in [-0.1, -0.05) is 5.21 Å². The molecule has 3 unspecified atom stereocenters. The van der Waals surface area contributed by atoms with Crippen LogP contribution in [0, 0.1) is 11.8 Å². The number of likely N-dealkylation sites (tertiary alicyclic amines) is 2. The maximum atomic E-state index is 13.4. The lowest BCUT2D eigenvalue weighted by Gasteiger charge is -2.44. The summed E-state index contributed by atoms with van der Waals surface area (Å²) < 4.78 is 1.07. The highest BCUT2D eigenvalue weighted by Crippen LogP contribution is 2.36. The quantitative estimate of drug-likeness (QED) is 0.343. The van der Waals surface area contributed by atoms with E-state index in [1.165, 1.54) is 0 Å². The second-order valence-corrected chi connectivity index (χ2v) is 13.9. The van der Waals surface area contributed by atoms with E-state index in [0.29, 0.717) is 47.6 Å². The Kier molecular flexibility index (Phi) is 7.61. The summed E-state index contributed by atoms with van der Waals surface area (Å²) in [6.45, 7) is 5.86. The molecule has 3 aromatic rings. The molecule has 0 saturated carbocycles. The molecule has 0 aliphatic carbocycles. The van der Waals surface area contributed by atoms with Crippen LogP contribution in [0.25, 0.3) is 10.9 Å². The Morgan fingerprint density at radius 3 is 2.33 bits per heavy atom. The number of carbonyl (C=O) groups excluding carboxylic acids is 4. The molecule has 1 aromatic heterocycles. The Hall–Kier alpha value is -4.85. The Balaban J connectivity index is 0.820. The number of nitrogens with two attached hydrogens (primary N) is 1. The van der Waals surface area contributed by atoms with Crippen LogP contribution in [0.5, 0.6) is 0 Å². The van der Waals surface area contributed by atoms with E-state index >= 15 is 0 Å². The van der Waals surface area contributed by atoms with Crippen LogP contribution in [0.2, 0.25) is 0 Å². The number of imide groups is 1. The lowest BCUT2D eigenvalue weighted by molar-refractivity contribution is -0.138. The van der Waals surface area contributed by atoms with Crippen LogP contribution in [0.15, 0.2) is 47.3 Å². The van der Waals surface area contributed by atoms with E-state index in [-0.39, 0.29) is 30.6 Å². The predicted octanol–water partition coefficient (Wildman–Crippen LogP) is 0.506. The van der Waals surface area contributed by atoms with E-state index in [0.717, 1.165) is 68.0 Å². The van der Waals surface area contributed by atoms with Crippen LogP contribution in [0.4, 0.5) is 11.4 Å². The van der Waals surface area contributed by atoms with Gasteiger partial charge in [0.05, 0.1) is 11.3 Å². The number of piperazine rings is 1. The molecule has 5 aliphatic rings. The van der Waals surface area contributed by atoms with Crippen LogP contribution in [0.3, 0.4) is 0 Å². The highest BCUT2D eigenvalue weighted by Gasteiger charge is 2.44. The van der Waals surface area contributed by atoms with Crippen molar-refractivity contribution in [1.29, 1.82) is 0 Å². The number of rotatable bonds is 7. The number of aromatic nitrogens is 3. The van der Waals surface area contributed by atoms with Gasteiger partial charge in [0.2, 0.25) is 17.7 Å². The highest BCUT2D eigenvalue weighted by molar-refractivity contribution is 5.99. The van der Waals surface area contributed by atoms with E-state index in [4.69, 9.17) is 5.73 Å². The Bertz CT molecular complexity index is 1850. The van der Waals surface area contributed by atoms with Crippen LogP contribution in [-0.2, 0) is 14.4 Å². The second kappa shape index (κ2) is 12.0. The summed E-state index contributed by atoms with van der Waals surface area (Å²) in [5.41, 5.74) is 7.91. The summed E-state index contributed by atoms with van der Waals surface area (Å²) in [6.07, 6.45) is 3.53. The molecule has 3 N–H and O–H groups in total. The molecule has 2 bridgehead atoms. The monoisotopic (exact) mass is 653 g/mol. The summed E-state index contributed by atoms with van der Waals surface area (Å²) in [7, 11) is 0. The fourth-order valence-electron chi connectivity index (χ4n) is 8.24. The van der Waals surface area contributed by atoms with Crippen LogP contribution >= 0.6 is 0 Å². The van der Waals surface area contributed by atoms with Crippen molar-refractivity contribution in [1.82, 2.24) is 30.1 Å². The van der Waals surface area contributed by atoms with Crippen molar-refractivity contribution in [3.05, 3.63) is 58.4 Å². The number of primary amides is 1. The summed E-state index contributed by atoms with van der Waals surface area (Å²) in [5, 5.41) is 10.7. The SMILES string of the molecule is NC(=O)c1ccc(N2CC3CC2CN3CC2CCN(C(=O)C3CN(c4ccc5nnn(C6CCC(=O)NC6=O)c(=O)c5c4)C3)CC2)cc1. The van der Waals surface area contributed by atoms with Crippen molar-refractivity contribution in [3.8, 4) is 0 Å². The topological polar surface area (TPSA) is 167 Å². The first-order chi connectivity index (χ1) is 23.2. The molecule has 0 spiro atoms. The number of hydrogen-bond donors (Lipinski definition) is 2. The number of amides is 4. The Morgan fingerprint density at radius 2 is 1.65 bits per heavy atom. The smallest absolute Gasteiger partial charge is 0.278 e. The summed E-state index contributed by atoms with van der Waals surface area (Å²) >= 11 is 0. The van der Waals surface area contributed by atoms with Gasteiger partial charge in [-0.3, -0.25) is 34.2 Å². The summed E-state index contributed by atoms with van der Waals surface area (Å²) in [5.74, 6) is -0.604. The van der Waals surface area contributed by atoms with Gasteiger partial charge in [-0.2, -0.15) is 4.68 Å². The zero-order chi connectivity index (χ0) is 33.1. The van der Waals surface area contributed by atoms with Gasteiger partial charge in [0, 0.05) is 81.3 Å². The largest absolute Gasteiger partial charge is 0.370 e. The first kappa shape index (κ1) is 30.5. The van der Waals surface area contributed by atoms with Crippen LogP contribution in [0.1, 0.15) is 48.5 Å². The number of piperidine rings is 2. The normalized spacial score (nSPS) is 25.1. The van der Waals surface area contributed by atoms with Crippen molar-refractivity contribution >= 4 is 45.9 Å². The minimum atomic E-state index is -0.873. The van der Waals surface area contributed by atoms with Gasteiger partial charge in [-0.25, -0.2) is 0 Å². The first-order valence-corrected chi connectivity index (χ1v) is 16.9. The fraction of sp³-hybridized carbons (Fsp3) is 0.500. The number of carbonyl (C=O) groups is 4. The minimum absolute atomic E-state index is 0.0784. The zero-order valence-corrected chi connectivity index (χ0v) is 26.7. The molecule has 250 valence electrons. The fourth-order valence-corrected chi connectivity index (χ4v) is 8.24. The highest BCUT2D eigenvalue weighted by atomic mass is 16.2. The maximum Gasteiger partial charge on any atom is 0.278 e. The first-order valence-electron chi connectivity index (χ1n) is 16.9. The van der Waals surface area contributed by atoms with Gasteiger partial charge < -0.3 is 20.4 Å². The van der Waals surface area contributed by atoms with E-state index in [1.807, 2.05) is 23.1 Å². The van der Waals surface area contributed by atoms with Gasteiger partial charge in [-0.15, -0.1) is 5.10 Å². The number of nitrogens with zero attached hydrogens (tertiary/aromatic N) is 7. The molecule has 14 heteroatoms. The minimum Gasteiger partial charge on any atom is -0.370 e. The molecule has 3 atom stereocenters. The zero-order valence-electron chi connectivity index (χ0n) is 26.7. The van der Waals surface area contributed by atoms with Gasteiger partial charge in [0.1, 0.15) is 11.6 Å². The third kappa shape index (κ3) is 5.47. The van der Waals surface area contributed by atoms with Crippen molar-refractivity contribution in [3.63, 3.8) is 0 Å². The number of anilines is 2. The molecule has 5 aliphatic heterocycles. The molecule has 8 rings (SSSR count). The van der Waals surface area contributed by atoms with E-state index in [1.54, 1.807) is 24.3 Å². The Morgan fingerprint density at radius 1 is 0.896 bits per heavy atom. The van der Waals surface area contributed by atoms with Crippen molar-refractivity contribution in [2.24, 2.45) is 17.6 Å². The Labute approximate surface area is 276 Å².